The second kappa shape index (κ2) is 5.61. The van der Waals surface area contributed by atoms with Gasteiger partial charge < -0.3 is 15.5 Å². The van der Waals surface area contributed by atoms with E-state index in [4.69, 9.17) is 5.73 Å². The Labute approximate surface area is 115 Å². The molecule has 1 aromatic carbocycles. The lowest BCUT2D eigenvalue weighted by Crippen LogP contribution is -2.36. The Morgan fingerprint density at radius 1 is 1.32 bits per heavy atom. The second-order valence-corrected chi connectivity index (χ2v) is 5.73. The third kappa shape index (κ3) is 3.26. The van der Waals surface area contributed by atoms with Crippen LogP contribution in [0.15, 0.2) is 24.3 Å². The minimum absolute atomic E-state index is 0.209. The third-order valence-electron chi connectivity index (χ3n) is 3.92. The molecule has 4 heteroatoms. The van der Waals surface area contributed by atoms with Crippen molar-refractivity contribution < 1.29 is 4.79 Å². The number of rotatable bonds is 3. The average Bonchev–Trinajstić information content (AvgIpc) is 2.74. The molecule has 104 valence electrons. The topological polar surface area (TPSA) is 49.6 Å². The van der Waals surface area contributed by atoms with Crippen LogP contribution in [-0.4, -0.2) is 48.9 Å². The fourth-order valence-electron chi connectivity index (χ4n) is 2.75. The summed E-state index contributed by atoms with van der Waals surface area (Å²) in [6.07, 6.45) is 0.465. The van der Waals surface area contributed by atoms with E-state index in [1.807, 2.05) is 29.2 Å². The maximum absolute atomic E-state index is 12.3. The van der Waals surface area contributed by atoms with E-state index in [1.54, 1.807) is 0 Å². The van der Waals surface area contributed by atoms with Gasteiger partial charge in [0, 0.05) is 24.8 Å². The Morgan fingerprint density at radius 3 is 2.47 bits per heavy atom. The molecule has 4 nitrogen and oxygen atoms in total. The summed E-state index contributed by atoms with van der Waals surface area (Å²) >= 11 is 0. The number of anilines is 1. The first-order valence-corrected chi connectivity index (χ1v) is 6.76. The van der Waals surface area contributed by atoms with Crippen molar-refractivity contribution in [2.24, 2.45) is 5.92 Å². The van der Waals surface area contributed by atoms with Crippen LogP contribution in [0, 0.1) is 5.92 Å². The first-order valence-electron chi connectivity index (χ1n) is 6.76. The highest BCUT2D eigenvalue weighted by Crippen LogP contribution is 2.21. The Hall–Kier alpha value is -1.55. The molecule has 0 radical (unpaired) electrons. The zero-order chi connectivity index (χ0) is 14.0. The molecule has 1 saturated heterocycles. The summed E-state index contributed by atoms with van der Waals surface area (Å²) in [5, 5.41) is 0. The van der Waals surface area contributed by atoms with Gasteiger partial charge >= 0.3 is 0 Å². The molecule has 1 amide bonds. The summed E-state index contributed by atoms with van der Waals surface area (Å²) in [4.78, 5) is 16.5. The highest BCUT2D eigenvalue weighted by Gasteiger charge is 2.33. The molecule has 2 atom stereocenters. The number of nitrogens with zero attached hydrogens (tertiary/aromatic N) is 2. The minimum Gasteiger partial charge on any atom is -0.399 e. The van der Waals surface area contributed by atoms with Crippen LogP contribution in [0.4, 0.5) is 5.69 Å². The van der Waals surface area contributed by atoms with Gasteiger partial charge in [-0.2, -0.15) is 0 Å². The number of nitrogens with two attached hydrogens (primary N) is 1. The number of carbonyl (C=O) groups is 1. The minimum atomic E-state index is 0.209. The van der Waals surface area contributed by atoms with Crippen molar-refractivity contribution in [2.45, 2.75) is 19.4 Å². The lowest BCUT2D eigenvalue weighted by molar-refractivity contribution is -0.129. The quantitative estimate of drug-likeness (QED) is 0.832. The van der Waals surface area contributed by atoms with Crippen molar-refractivity contribution in [1.82, 2.24) is 9.80 Å². The number of amides is 1. The van der Waals surface area contributed by atoms with E-state index in [0.29, 0.717) is 18.4 Å². The molecule has 0 aliphatic carbocycles. The Bertz CT molecular complexity index is 441. The monoisotopic (exact) mass is 261 g/mol. The third-order valence-corrected chi connectivity index (χ3v) is 3.92. The van der Waals surface area contributed by atoms with Crippen molar-refractivity contribution in [3.63, 3.8) is 0 Å². The van der Waals surface area contributed by atoms with Gasteiger partial charge in [0.2, 0.25) is 5.91 Å². The summed E-state index contributed by atoms with van der Waals surface area (Å²) in [6.45, 7) is 3.90. The van der Waals surface area contributed by atoms with E-state index in [9.17, 15) is 4.79 Å². The fraction of sp³-hybridized carbons (Fsp3) is 0.533. The molecule has 1 aromatic rings. The summed E-state index contributed by atoms with van der Waals surface area (Å²) in [6, 6.07) is 8.01. The summed E-state index contributed by atoms with van der Waals surface area (Å²) < 4.78 is 0. The van der Waals surface area contributed by atoms with E-state index in [1.165, 1.54) is 0 Å². The molecule has 0 aromatic heterocycles. The summed E-state index contributed by atoms with van der Waals surface area (Å²) in [5.74, 6) is 0.742. The van der Waals surface area contributed by atoms with Crippen LogP contribution < -0.4 is 5.73 Å². The maximum Gasteiger partial charge on any atom is 0.227 e. The maximum atomic E-state index is 12.3. The first-order chi connectivity index (χ1) is 8.97. The normalized spacial score (nSPS) is 23.1. The van der Waals surface area contributed by atoms with Gasteiger partial charge in [-0.3, -0.25) is 4.79 Å². The van der Waals surface area contributed by atoms with Crippen LogP contribution in [-0.2, 0) is 11.2 Å². The fourth-order valence-corrected chi connectivity index (χ4v) is 2.75. The molecule has 19 heavy (non-hydrogen) atoms. The second-order valence-electron chi connectivity index (χ2n) is 5.73. The predicted octanol–water partition coefficient (Wildman–Crippen LogP) is 1.22. The molecule has 0 saturated carbocycles. The summed E-state index contributed by atoms with van der Waals surface area (Å²) in [7, 11) is 4.16. The molecule has 2 rings (SSSR count). The van der Waals surface area contributed by atoms with Crippen LogP contribution in [0.2, 0.25) is 0 Å². The van der Waals surface area contributed by atoms with Gasteiger partial charge in [0.25, 0.3) is 0 Å². The van der Waals surface area contributed by atoms with Crippen molar-refractivity contribution in [3.05, 3.63) is 29.8 Å². The van der Waals surface area contributed by atoms with Crippen molar-refractivity contribution in [1.29, 1.82) is 0 Å². The highest BCUT2D eigenvalue weighted by atomic mass is 16.2. The van der Waals surface area contributed by atoms with Gasteiger partial charge in [0.05, 0.1) is 6.42 Å². The first kappa shape index (κ1) is 13.9. The van der Waals surface area contributed by atoms with E-state index < -0.39 is 0 Å². The van der Waals surface area contributed by atoms with Gasteiger partial charge in [-0.25, -0.2) is 0 Å². The molecule has 0 spiro atoms. The van der Waals surface area contributed by atoms with Crippen molar-refractivity contribution >= 4 is 11.6 Å². The Kier molecular flexibility index (Phi) is 4.10. The largest absolute Gasteiger partial charge is 0.399 e. The zero-order valence-electron chi connectivity index (χ0n) is 12.0. The number of benzene rings is 1. The molecule has 1 aliphatic rings. The van der Waals surface area contributed by atoms with Gasteiger partial charge in [-0.05, 0) is 37.7 Å². The van der Waals surface area contributed by atoms with E-state index in [2.05, 4.69) is 25.9 Å². The van der Waals surface area contributed by atoms with Crippen molar-refractivity contribution in [3.8, 4) is 0 Å². The lowest BCUT2D eigenvalue weighted by Gasteiger charge is -2.22. The van der Waals surface area contributed by atoms with Crippen LogP contribution in [0.3, 0.4) is 0 Å². The smallest absolute Gasteiger partial charge is 0.227 e. The molecule has 1 fully saturated rings. The van der Waals surface area contributed by atoms with Gasteiger partial charge in [-0.1, -0.05) is 19.1 Å². The number of hydrogen-bond acceptors (Lipinski definition) is 3. The van der Waals surface area contributed by atoms with E-state index >= 15 is 0 Å². The van der Waals surface area contributed by atoms with E-state index in [0.717, 1.165) is 24.3 Å². The molecule has 2 N–H and O–H groups in total. The van der Waals surface area contributed by atoms with Crippen LogP contribution in [0.1, 0.15) is 12.5 Å². The standard InChI is InChI=1S/C15H23N3O/c1-11-9-18(10-14(11)17(2)3)15(19)8-12-4-6-13(16)7-5-12/h4-7,11,14H,8-10,16H2,1-3H3. The number of likely N-dealkylation sites (tertiary alicyclic amines) is 1. The van der Waals surface area contributed by atoms with Crippen LogP contribution >= 0.6 is 0 Å². The zero-order valence-corrected chi connectivity index (χ0v) is 12.0. The predicted molar refractivity (Wildman–Crippen MR) is 77.8 cm³/mol. The molecule has 2 unspecified atom stereocenters. The van der Waals surface area contributed by atoms with Crippen molar-refractivity contribution in [2.75, 3.05) is 32.9 Å². The number of carbonyl (C=O) groups excluding carboxylic acids is 1. The van der Waals surface area contributed by atoms with Gasteiger partial charge in [-0.15, -0.1) is 0 Å². The van der Waals surface area contributed by atoms with Gasteiger partial charge in [0.15, 0.2) is 0 Å². The van der Waals surface area contributed by atoms with E-state index in [-0.39, 0.29) is 5.91 Å². The summed E-state index contributed by atoms with van der Waals surface area (Å²) in [5.41, 5.74) is 7.41. The Balaban J connectivity index is 1.96. The molecule has 1 aliphatic heterocycles. The molecule has 0 bridgehead atoms. The van der Waals surface area contributed by atoms with Crippen LogP contribution in [0.25, 0.3) is 0 Å². The molecular formula is C15H23N3O. The number of nitrogen functional groups attached to an aromatic ring is 1. The average molecular weight is 261 g/mol. The SMILES string of the molecule is CC1CN(C(=O)Cc2ccc(N)cc2)CC1N(C)C. The van der Waals surface area contributed by atoms with Crippen LogP contribution in [0.5, 0.6) is 0 Å². The highest BCUT2D eigenvalue weighted by molar-refractivity contribution is 5.79. The molecule has 1 heterocycles. The number of likely N-dealkylation sites (N-methyl/N-ethyl adjacent to an activating group) is 1. The lowest BCUT2D eigenvalue weighted by atomic mass is 10.1. The Morgan fingerprint density at radius 2 is 1.95 bits per heavy atom. The van der Waals surface area contributed by atoms with Gasteiger partial charge in [0.1, 0.15) is 0 Å². The number of hydrogen-bond donors (Lipinski definition) is 1. The molecular weight excluding hydrogens is 238 g/mol.